The van der Waals surface area contributed by atoms with Crippen molar-refractivity contribution in [1.82, 2.24) is 10.3 Å². The van der Waals surface area contributed by atoms with Gasteiger partial charge in [0.25, 0.3) is 5.70 Å². The Bertz CT molecular complexity index is 475. The van der Waals surface area contributed by atoms with E-state index in [1.54, 1.807) is 24.5 Å². The first-order valence-corrected chi connectivity index (χ1v) is 7.53. The van der Waals surface area contributed by atoms with Crippen LogP contribution in [0, 0.1) is 10.1 Å². The van der Waals surface area contributed by atoms with E-state index in [4.69, 9.17) is 5.11 Å². The molecule has 1 aromatic heterocycles. The average Bonchev–Trinajstić information content (AvgIpc) is 2.86. The predicted octanol–water partition coefficient (Wildman–Crippen LogP) is 1.79. The molecule has 0 aliphatic heterocycles. The van der Waals surface area contributed by atoms with Gasteiger partial charge in [-0.25, -0.2) is 4.98 Å². The summed E-state index contributed by atoms with van der Waals surface area (Å²) in [7, 11) is 1.64. The van der Waals surface area contributed by atoms with Gasteiger partial charge in [-0.05, 0) is 11.9 Å². The van der Waals surface area contributed by atoms with Crippen LogP contribution in [-0.2, 0) is 6.61 Å². The lowest BCUT2D eigenvalue weighted by Gasteiger charge is -2.21. The fourth-order valence-electron chi connectivity index (χ4n) is 1.51. The van der Waals surface area contributed by atoms with Gasteiger partial charge in [0.05, 0.1) is 17.7 Å². The van der Waals surface area contributed by atoms with Crippen molar-refractivity contribution in [2.45, 2.75) is 20.0 Å². The van der Waals surface area contributed by atoms with Crippen LogP contribution in [0.1, 0.15) is 18.4 Å². The summed E-state index contributed by atoms with van der Waals surface area (Å²) < 4.78 is 1.71. The third-order valence-corrected chi connectivity index (χ3v) is 4.16. The third kappa shape index (κ3) is 3.58. The van der Waals surface area contributed by atoms with Crippen LogP contribution in [0.3, 0.4) is 0 Å². The molecule has 0 aliphatic carbocycles. The maximum absolute atomic E-state index is 11.1. The van der Waals surface area contributed by atoms with Crippen LogP contribution in [0.15, 0.2) is 17.7 Å². The number of nitrogens with zero attached hydrogens (tertiary/aromatic N) is 3. The smallest absolute Gasteiger partial charge is 0.286 e. The van der Waals surface area contributed by atoms with E-state index in [-0.39, 0.29) is 17.2 Å². The number of anilines is 1. The number of aromatic nitrogens is 1. The zero-order valence-corrected chi connectivity index (χ0v) is 12.5. The molecule has 0 atom stereocenters. The molecule has 9 heteroatoms. The number of hydrogen-bond acceptors (Lipinski definition) is 8. The lowest BCUT2D eigenvalue weighted by molar-refractivity contribution is -0.429. The molecule has 0 unspecified atom stereocenters. The fraction of sp³-hybridized carbons (Fsp3) is 0.500. The van der Waals surface area contributed by atoms with Crippen molar-refractivity contribution in [2.75, 3.05) is 17.6 Å². The molecule has 0 saturated heterocycles. The van der Waals surface area contributed by atoms with Gasteiger partial charge in [-0.3, -0.25) is 14.4 Å². The summed E-state index contributed by atoms with van der Waals surface area (Å²) in [6.45, 7) is 1.60. The van der Waals surface area contributed by atoms with Gasteiger partial charge in [-0.1, -0.05) is 18.3 Å². The Kier molecular flexibility index (Phi) is 6.06. The Labute approximate surface area is 119 Å². The van der Waals surface area contributed by atoms with Gasteiger partial charge in [0.1, 0.15) is 10.0 Å². The number of aliphatic hydroxyl groups excluding tert-OH is 1. The second-order valence-electron chi connectivity index (χ2n) is 3.38. The molecule has 106 valence electrons. The Balaban J connectivity index is 3.22. The van der Waals surface area contributed by atoms with E-state index in [0.29, 0.717) is 17.2 Å². The SMILES string of the molecule is CCC(=C(NC)N(SC)c1cnc(CO)s1)[N+](=O)[O-]. The zero-order valence-electron chi connectivity index (χ0n) is 10.9. The molecular formula is C10H16N4O3S2. The minimum absolute atomic E-state index is 0.107. The van der Waals surface area contributed by atoms with Gasteiger partial charge in [0, 0.05) is 19.7 Å². The number of thiazole rings is 1. The van der Waals surface area contributed by atoms with Gasteiger partial charge in [0.15, 0.2) is 5.82 Å². The van der Waals surface area contributed by atoms with Gasteiger partial charge in [-0.15, -0.1) is 0 Å². The van der Waals surface area contributed by atoms with Crippen molar-refractivity contribution in [2.24, 2.45) is 0 Å². The van der Waals surface area contributed by atoms with Crippen LogP contribution in [0.2, 0.25) is 0 Å². The predicted molar refractivity (Wildman–Crippen MR) is 77.4 cm³/mol. The molecule has 19 heavy (non-hydrogen) atoms. The molecule has 0 spiro atoms. The minimum Gasteiger partial charge on any atom is -0.389 e. The first kappa shape index (κ1) is 15.7. The molecule has 0 fully saturated rings. The van der Waals surface area contributed by atoms with Gasteiger partial charge in [0.2, 0.25) is 0 Å². The van der Waals surface area contributed by atoms with Crippen molar-refractivity contribution < 1.29 is 10.0 Å². The fourth-order valence-corrected chi connectivity index (χ4v) is 3.14. The van der Waals surface area contributed by atoms with E-state index < -0.39 is 0 Å². The summed E-state index contributed by atoms with van der Waals surface area (Å²) in [5.41, 5.74) is 0.107. The topological polar surface area (TPSA) is 91.5 Å². The van der Waals surface area contributed by atoms with Crippen molar-refractivity contribution in [3.05, 3.63) is 32.8 Å². The standard InChI is InChI=1S/C10H16N4O3S2/c1-4-7(14(16)17)10(11-2)13(18-3)9-5-12-8(6-15)19-9/h5,11,15H,4,6H2,1-3H3. The van der Waals surface area contributed by atoms with Gasteiger partial charge < -0.3 is 10.4 Å². The summed E-state index contributed by atoms with van der Waals surface area (Å²) in [4.78, 5) is 14.7. The van der Waals surface area contributed by atoms with Gasteiger partial charge in [-0.2, -0.15) is 0 Å². The number of nitro groups is 1. The highest BCUT2D eigenvalue weighted by Crippen LogP contribution is 2.32. The average molecular weight is 304 g/mol. The molecule has 7 nitrogen and oxygen atoms in total. The molecule has 0 amide bonds. The summed E-state index contributed by atoms with van der Waals surface area (Å²) in [5, 5.41) is 24.3. The van der Waals surface area contributed by atoms with Crippen LogP contribution in [-0.4, -0.2) is 28.3 Å². The first-order valence-electron chi connectivity index (χ1n) is 5.54. The monoisotopic (exact) mass is 304 g/mol. The molecule has 2 N–H and O–H groups in total. The Morgan fingerprint density at radius 3 is 2.79 bits per heavy atom. The van der Waals surface area contributed by atoms with E-state index in [0.717, 1.165) is 5.00 Å². The Morgan fingerprint density at radius 1 is 1.74 bits per heavy atom. The maximum atomic E-state index is 11.1. The van der Waals surface area contributed by atoms with Crippen LogP contribution in [0.5, 0.6) is 0 Å². The van der Waals surface area contributed by atoms with Crippen LogP contribution >= 0.6 is 23.3 Å². The molecule has 1 heterocycles. The Hall–Kier alpha value is -1.32. The molecule has 0 radical (unpaired) electrons. The normalized spacial score (nSPS) is 12.0. The van der Waals surface area contributed by atoms with Crippen LogP contribution < -0.4 is 9.62 Å². The first-order chi connectivity index (χ1) is 9.08. The van der Waals surface area contributed by atoms with E-state index in [1.807, 2.05) is 6.26 Å². The summed E-state index contributed by atoms with van der Waals surface area (Å²) in [6.07, 6.45) is 3.73. The highest BCUT2D eigenvalue weighted by Gasteiger charge is 2.23. The summed E-state index contributed by atoms with van der Waals surface area (Å²) >= 11 is 2.63. The number of nitrogens with one attached hydrogen (secondary N) is 1. The number of allylic oxidation sites excluding steroid dienone is 1. The van der Waals surface area contributed by atoms with Crippen LogP contribution in [0.4, 0.5) is 5.00 Å². The molecule has 0 aliphatic rings. The van der Waals surface area contributed by atoms with Crippen molar-refractivity contribution in [3.8, 4) is 0 Å². The van der Waals surface area contributed by atoms with E-state index in [1.165, 1.54) is 23.3 Å². The third-order valence-electron chi connectivity index (χ3n) is 2.33. The molecule has 0 aromatic carbocycles. The highest BCUT2D eigenvalue weighted by molar-refractivity contribution is 8.00. The molecule has 0 saturated carbocycles. The van der Waals surface area contributed by atoms with Crippen molar-refractivity contribution >= 4 is 28.3 Å². The zero-order chi connectivity index (χ0) is 14.4. The molecule has 1 rings (SSSR count). The van der Waals surface area contributed by atoms with E-state index in [9.17, 15) is 10.1 Å². The lowest BCUT2D eigenvalue weighted by atomic mass is 10.3. The maximum Gasteiger partial charge on any atom is 0.286 e. The largest absolute Gasteiger partial charge is 0.389 e. The van der Waals surface area contributed by atoms with Crippen LogP contribution in [0.25, 0.3) is 0 Å². The second kappa shape index (κ2) is 7.31. The lowest BCUT2D eigenvalue weighted by Crippen LogP contribution is -2.27. The quantitative estimate of drug-likeness (QED) is 0.451. The Morgan fingerprint density at radius 2 is 2.42 bits per heavy atom. The van der Waals surface area contributed by atoms with E-state index >= 15 is 0 Å². The number of aliphatic hydroxyl groups is 1. The molecule has 0 bridgehead atoms. The highest BCUT2D eigenvalue weighted by atomic mass is 32.2. The molecule has 1 aromatic rings. The van der Waals surface area contributed by atoms with Gasteiger partial charge >= 0.3 is 0 Å². The summed E-state index contributed by atoms with van der Waals surface area (Å²) in [6, 6.07) is 0. The van der Waals surface area contributed by atoms with E-state index in [2.05, 4.69) is 10.3 Å². The second-order valence-corrected chi connectivity index (χ2v) is 5.21. The number of hydrogen-bond donors (Lipinski definition) is 2. The number of rotatable bonds is 7. The minimum atomic E-state index is -0.386. The molecular weight excluding hydrogens is 288 g/mol. The summed E-state index contributed by atoms with van der Waals surface area (Å²) in [5.74, 6) is 0.424. The van der Waals surface area contributed by atoms with Crippen molar-refractivity contribution in [1.29, 1.82) is 0 Å². The van der Waals surface area contributed by atoms with Crippen molar-refractivity contribution in [3.63, 3.8) is 0 Å².